The molecule has 2 aromatic rings. The Balaban J connectivity index is 1.87. The molecule has 0 saturated carbocycles. The molecular formula is C14H15N3O3S. The second-order valence-electron chi connectivity index (χ2n) is 4.33. The molecule has 1 aromatic carbocycles. The molecule has 0 spiro atoms. The van der Waals surface area contributed by atoms with E-state index in [0.717, 1.165) is 10.6 Å². The van der Waals surface area contributed by atoms with Crippen molar-refractivity contribution in [2.24, 2.45) is 0 Å². The van der Waals surface area contributed by atoms with Gasteiger partial charge in [0.25, 0.3) is 0 Å². The van der Waals surface area contributed by atoms with Gasteiger partial charge in [0.1, 0.15) is 11.0 Å². The molecule has 0 saturated heterocycles. The van der Waals surface area contributed by atoms with E-state index in [9.17, 15) is 14.7 Å². The molecular weight excluding hydrogens is 290 g/mol. The highest BCUT2D eigenvalue weighted by Gasteiger charge is 2.20. The van der Waals surface area contributed by atoms with Gasteiger partial charge in [-0.15, -0.1) is 11.3 Å². The van der Waals surface area contributed by atoms with Crippen molar-refractivity contribution in [2.75, 3.05) is 0 Å². The Labute approximate surface area is 125 Å². The van der Waals surface area contributed by atoms with Crippen LogP contribution in [-0.2, 0) is 17.8 Å². The first-order valence-corrected chi connectivity index (χ1v) is 7.22. The highest BCUT2D eigenvalue weighted by atomic mass is 32.1. The molecule has 2 rings (SSSR count). The maximum atomic E-state index is 11.7. The van der Waals surface area contributed by atoms with Crippen LogP contribution in [0.5, 0.6) is 0 Å². The van der Waals surface area contributed by atoms with Gasteiger partial charge in [0.15, 0.2) is 0 Å². The second kappa shape index (κ2) is 7.39. The van der Waals surface area contributed by atoms with Crippen LogP contribution >= 0.6 is 11.3 Å². The van der Waals surface area contributed by atoms with Gasteiger partial charge in [-0.25, -0.2) is 14.6 Å². The molecule has 3 N–H and O–H groups in total. The fourth-order valence-corrected chi connectivity index (χ4v) is 2.31. The molecule has 110 valence electrons. The van der Waals surface area contributed by atoms with Crippen LogP contribution in [0, 0.1) is 0 Å². The molecule has 0 radical (unpaired) electrons. The van der Waals surface area contributed by atoms with Gasteiger partial charge in [0.2, 0.25) is 0 Å². The van der Waals surface area contributed by atoms with Crippen LogP contribution in [0.15, 0.2) is 41.9 Å². The molecule has 1 atom stereocenters. The van der Waals surface area contributed by atoms with Crippen LogP contribution in [0.4, 0.5) is 4.79 Å². The number of amides is 2. The summed E-state index contributed by atoms with van der Waals surface area (Å²) >= 11 is 1.42. The van der Waals surface area contributed by atoms with Crippen LogP contribution in [0.3, 0.4) is 0 Å². The summed E-state index contributed by atoms with van der Waals surface area (Å²) in [6, 6.07) is 7.68. The Morgan fingerprint density at radius 1 is 1.29 bits per heavy atom. The first-order chi connectivity index (χ1) is 10.1. The largest absolute Gasteiger partial charge is 0.480 e. The molecule has 0 aliphatic rings. The summed E-state index contributed by atoms with van der Waals surface area (Å²) in [5.74, 6) is -1.07. The van der Waals surface area contributed by atoms with Crippen molar-refractivity contribution < 1.29 is 14.7 Å². The standard InChI is InChI=1S/C14H15N3O3S/c18-13(19)11(8-10-4-2-1-3-5-10)17-14(20)16-9-12-15-6-7-21-12/h1-7,11H,8-9H2,(H,18,19)(H2,16,17,20)/t11-/m0/s1. The van der Waals surface area contributed by atoms with E-state index >= 15 is 0 Å². The normalized spacial score (nSPS) is 11.6. The third-order valence-electron chi connectivity index (χ3n) is 2.77. The summed E-state index contributed by atoms with van der Waals surface area (Å²) in [5.41, 5.74) is 0.852. The molecule has 1 aromatic heterocycles. The number of nitrogens with one attached hydrogen (secondary N) is 2. The first-order valence-electron chi connectivity index (χ1n) is 6.34. The van der Waals surface area contributed by atoms with E-state index in [0.29, 0.717) is 0 Å². The smallest absolute Gasteiger partial charge is 0.326 e. The number of carboxylic acid groups (broad SMARTS) is 1. The summed E-state index contributed by atoms with van der Waals surface area (Å²) in [7, 11) is 0. The quantitative estimate of drug-likeness (QED) is 0.756. The first kappa shape index (κ1) is 15.0. The Morgan fingerprint density at radius 3 is 2.67 bits per heavy atom. The van der Waals surface area contributed by atoms with Crippen molar-refractivity contribution in [3.8, 4) is 0 Å². The topological polar surface area (TPSA) is 91.3 Å². The maximum Gasteiger partial charge on any atom is 0.326 e. The van der Waals surface area contributed by atoms with Crippen molar-refractivity contribution in [1.82, 2.24) is 15.6 Å². The zero-order valence-corrected chi connectivity index (χ0v) is 12.0. The molecule has 1 heterocycles. The van der Waals surface area contributed by atoms with Crippen molar-refractivity contribution in [1.29, 1.82) is 0 Å². The lowest BCUT2D eigenvalue weighted by Gasteiger charge is -2.15. The number of benzene rings is 1. The molecule has 7 heteroatoms. The Kier molecular flexibility index (Phi) is 5.28. The molecule has 0 fully saturated rings. The molecule has 6 nitrogen and oxygen atoms in total. The second-order valence-corrected chi connectivity index (χ2v) is 5.31. The van der Waals surface area contributed by atoms with Crippen molar-refractivity contribution in [3.63, 3.8) is 0 Å². The van der Waals surface area contributed by atoms with E-state index in [-0.39, 0.29) is 13.0 Å². The third-order valence-corrected chi connectivity index (χ3v) is 3.55. The number of carbonyl (C=O) groups excluding carboxylic acids is 1. The van der Waals surface area contributed by atoms with Crippen LogP contribution in [-0.4, -0.2) is 28.1 Å². The van der Waals surface area contributed by atoms with E-state index in [4.69, 9.17) is 0 Å². The molecule has 0 aliphatic heterocycles. The predicted octanol–water partition coefficient (Wildman–Crippen LogP) is 1.64. The molecule has 2 amide bonds. The number of carbonyl (C=O) groups is 2. The van der Waals surface area contributed by atoms with Gasteiger partial charge in [-0.2, -0.15) is 0 Å². The minimum absolute atomic E-state index is 0.237. The van der Waals surface area contributed by atoms with E-state index in [1.54, 1.807) is 6.20 Å². The van der Waals surface area contributed by atoms with Crippen LogP contribution in [0.2, 0.25) is 0 Å². The SMILES string of the molecule is O=C(NCc1nccs1)N[C@@H](Cc1ccccc1)C(=O)O. The molecule has 0 bridgehead atoms. The Morgan fingerprint density at radius 2 is 2.05 bits per heavy atom. The number of hydrogen-bond donors (Lipinski definition) is 3. The number of hydrogen-bond acceptors (Lipinski definition) is 4. The van der Waals surface area contributed by atoms with Crippen LogP contribution in [0.25, 0.3) is 0 Å². The fraction of sp³-hybridized carbons (Fsp3) is 0.214. The van der Waals surface area contributed by atoms with E-state index < -0.39 is 18.0 Å². The van der Waals surface area contributed by atoms with Gasteiger partial charge in [-0.05, 0) is 5.56 Å². The van der Waals surface area contributed by atoms with E-state index in [1.807, 2.05) is 35.7 Å². The number of urea groups is 1. The number of thiazole rings is 1. The summed E-state index contributed by atoms with van der Waals surface area (Å²) in [6.45, 7) is 0.279. The van der Waals surface area contributed by atoms with Gasteiger partial charge in [0.05, 0.1) is 6.54 Å². The summed E-state index contributed by atoms with van der Waals surface area (Å²) in [4.78, 5) is 27.0. The van der Waals surface area contributed by atoms with Crippen LogP contribution < -0.4 is 10.6 Å². The maximum absolute atomic E-state index is 11.7. The molecule has 21 heavy (non-hydrogen) atoms. The van der Waals surface area contributed by atoms with Crippen molar-refractivity contribution in [2.45, 2.75) is 19.0 Å². The monoisotopic (exact) mass is 305 g/mol. The van der Waals surface area contributed by atoms with Gasteiger partial charge in [-0.3, -0.25) is 0 Å². The highest BCUT2D eigenvalue weighted by Crippen LogP contribution is 2.04. The Hall–Kier alpha value is -2.41. The van der Waals surface area contributed by atoms with Gasteiger partial charge in [0, 0.05) is 18.0 Å². The van der Waals surface area contributed by atoms with Gasteiger partial charge < -0.3 is 15.7 Å². The summed E-state index contributed by atoms with van der Waals surface area (Å²) in [5, 5.41) is 16.8. The average molecular weight is 305 g/mol. The van der Waals surface area contributed by atoms with Crippen LogP contribution in [0.1, 0.15) is 10.6 Å². The number of carboxylic acids is 1. The molecule has 0 unspecified atom stereocenters. The number of rotatable bonds is 6. The zero-order valence-electron chi connectivity index (χ0n) is 11.2. The van der Waals surface area contributed by atoms with Crippen molar-refractivity contribution in [3.05, 3.63) is 52.5 Å². The lowest BCUT2D eigenvalue weighted by molar-refractivity contribution is -0.139. The van der Waals surface area contributed by atoms with E-state index in [1.165, 1.54) is 11.3 Å². The van der Waals surface area contributed by atoms with Crippen molar-refractivity contribution >= 4 is 23.3 Å². The third kappa shape index (κ3) is 4.88. The number of nitrogens with zero attached hydrogens (tertiary/aromatic N) is 1. The highest BCUT2D eigenvalue weighted by molar-refractivity contribution is 7.09. The predicted molar refractivity (Wildman–Crippen MR) is 79.1 cm³/mol. The summed E-state index contributed by atoms with van der Waals surface area (Å²) < 4.78 is 0. The van der Waals surface area contributed by atoms with Gasteiger partial charge in [-0.1, -0.05) is 30.3 Å². The number of aliphatic carboxylic acids is 1. The number of aromatic nitrogens is 1. The minimum atomic E-state index is -1.07. The summed E-state index contributed by atoms with van der Waals surface area (Å²) in [6.07, 6.45) is 1.88. The zero-order chi connectivity index (χ0) is 15.1. The van der Waals surface area contributed by atoms with Gasteiger partial charge >= 0.3 is 12.0 Å². The lowest BCUT2D eigenvalue weighted by Crippen LogP contribution is -2.46. The molecule has 0 aliphatic carbocycles. The Bertz CT molecular complexity index is 587. The lowest BCUT2D eigenvalue weighted by atomic mass is 10.1. The van der Waals surface area contributed by atoms with E-state index in [2.05, 4.69) is 15.6 Å². The minimum Gasteiger partial charge on any atom is -0.480 e. The average Bonchev–Trinajstić information content (AvgIpc) is 2.99. The fourth-order valence-electron chi connectivity index (χ4n) is 1.76.